The third-order valence-corrected chi connectivity index (χ3v) is 5.22. The molecule has 0 saturated carbocycles. The van der Waals surface area contributed by atoms with Crippen LogP contribution in [0.25, 0.3) is 0 Å². The Hall–Kier alpha value is -2.28. The first-order valence-corrected chi connectivity index (χ1v) is 8.89. The fourth-order valence-electron chi connectivity index (χ4n) is 2.11. The van der Waals surface area contributed by atoms with Crippen LogP contribution in [0.3, 0.4) is 0 Å². The first kappa shape index (κ1) is 17.1. The molecular weight excluding hydrogens is 314 g/mol. The van der Waals surface area contributed by atoms with E-state index in [9.17, 15) is 13.2 Å². The Kier molecular flexibility index (Phi) is 5.10. The van der Waals surface area contributed by atoms with Crippen LogP contribution in [-0.2, 0) is 21.1 Å². The van der Waals surface area contributed by atoms with Gasteiger partial charge in [0.1, 0.15) is 11.6 Å². The number of amides is 1. The molecule has 0 aliphatic carbocycles. The van der Waals surface area contributed by atoms with Crippen molar-refractivity contribution in [1.82, 2.24) is 9.97 Å². The molecule has 2 aromatic rings. The molecule has 1 N–H and O–H groups in total. The molecule has 1 heterocycles. The molecule has 2 rings (SSSR count). The van der Waals surface area contributed by atoms with Crippen molar-refractivity contribution in [2.24, 2.45) is 0 Å². The van der Waals surface area contributed by atoms with Gasteiger partial charge in [0.25, 0.3) is 0 Å². The number of carbonyl (C=O) groups excluding carboxylic acids is 1. The van der Waals surface area contributed by atoms with E-state index in [4.69, 9.17) is 0 Å². The second-order valence-corrected chi connectivity index (χ2v) is 7.43. The van der Waals surface area contributed by atoms with Gasteiger partial charge in [0.15, 0.2) is 9.84 Å². The molecule has 0 spiro atoms. The zero-order valence-corrected chi connectivity index (χ0v) is 14.1. The first-order chi connectivity index (χ1) is 10.8. The zero-order valence-electron chi connectivity index (χ0n) is 13.3. The molecule has 1 aromatic carbocycles. The van der Waals surface area contributed by atoms with Crippen LogP contribution in [0, 0.1) is 13.8 Å². The van der Waals surface area contributed by atoms with Crippen LogP contribution in [-0.4, -0.2) is 30.0 Å². The lowest BCUT2D eigenvalue weighted by Gasteiger charge is -2.10. The summed E-state index contributed by atoms with van der Waals surface area (Å²) in [6.07, 6.45) is 1.60. The normalized spacial score (nSPS) is 11.3. The van der Waals surface area contributed by atoms with E-state index >= 15 is 0 Å². The van der Waals surface area contributed by atoms with E-state index in [1.807, 2.05) is 0 Å². The van der Waals surface area contributed by atoms with Crippen LogP contribution < -0.4 is 5.32 Å². The molecule has 0 radical (unpaired) electrons. The third-order valence-electron chi connectivity index (χ3n) is 3.39. The summed E-state index contributed by atoms with van der Waals surface area (Å²) in [5.41, 5.74) is 1.23. The Morgan fingerprint density at radius 2 is 1.91 bits per heavy atom. The van der Waals surface area contributed by atoms with Crippen molar-refractivity contribution >= 4 is 21.6 Å². The highest BCUT2D eigenvalue weighted by Gasteiger charge is 2.18. The van der Waals surface area contributed by atoms with E-state index in [0.717, 1.165) is 5.56 Å². The Morgan fingerprint density at radius 3 is 2.61 bits per heavy atom. The molecule has 0 atom stereocenters. The Bertz CT molecular complexity index is 832. The minimum absolute atomic E-state index is 0.00412. The molecular formula is C16H19N3O3S. The standard InChI is InChI=1S/C16H19N3O3S/c1-4-23(21,22)14-8-6-5-7-13(14)9-15(20)19-16-11(2)10-17-12(3)18-16/h5-8,10H,4,9H2,1-3H3,(H,17,18,19,20). The van der Waals surface area contributed by atoms with Gasteiger partial charge in [0.2, 0.25) is 5.91 Å². The highest BCUT2D eigenvalue weighted by molar-refractivity contribution is 7.91. The van der Waals surface area contributed by atoms with Gasteiger partial charge in [-0.1, -0.05) is 25.1 Å². The van der Waals surface area contributed by atoms with Gasteiger partial charge in [-0.25, -0.2) is 18.4 Å². The SMILES string of the molecule is CCS(=O)(=O)c1ccccc1CC(=O)Nc1nc(C)ncc1C. The fourth-order valence-corrected chi connectivity index (χ4v) is 3.25. The van der Waals surface area contributed by atoms with Gasteiger partial charge in [-0.3, -0.25) is 4.79 Å². The summed E-state index contributed by atoms with van der Waals surface area (Å²) in [4.78, 5) is 20.7. The lowest BCUT2D eigenvalue weighted by atomic mass is 10.1. The van der Waals surface area contributed by atoms with Crippen molar-refractivity contribution < 1.29 is 13.2 Å². The molecule has 7 heteroatoms. The predicted molar refractivity (Wildman–Crippen MR) is 88.0 cm³/mol. The molecule has 0 saturated heterocycles. The van der Waals surface area contributed by atoms with E-state index in [2.05, 4.69) is 15.3 Å². The van der Waals surface area contributed by atoms with E-state index in [1.54, 1.807) is 45.2 Å². The number of nitrogens with one attached hydrogen (secondary N) is 1. The molecule has 0 aliphatic rings. The summed E-state index contributed by atoms with van der Waals surface area (Å²) in [6.45, 7) is 5.11. The van der Waals surface area contributed by atoms with Gasteiger partial charge >= 0.3 is 0 Å². The van der Waals surface area contributed by atoms with Gasteiger partial charge < -0.3 is 5.32 Å². The summed E-state index contributed by atoms with van der Waals surface area (Å²) in [5, 5.41) is 2.71. The van der Waals surface area contributed by atoms with Crippen molar-refractivity contribution in [2.45, 2.75) is 32.1 Å². The number of aromatic nitrogens is 2. The number of rotatable bonds is 5. The molecule has 0 fully saturated rings. The minimum atomic E-state index is -3.37. The molecule has 0 aliphatic heterocycles. The molecule has 1 aromatic heterocycles. The van der Waals surface area contributed by atoms with Crippen LogP contribution in [0.5, 0.6) is 0 Å². The van der Waals surface area contributed by atoms with Crippen molar-refractivity contribution in [2.75, 3.05) is 11.1 Å². The first-order valence-electron chi connectivity index (χ1n) is 7.24. The van der Waals surface area contributed by atoms with Crippen LogP contribution in [0.1, 0.15) is 23.9 Å². The van der Waals surface area contributed by atoms with E-state index < -0.39 is 9.84 Å². The number of hydrogen-bond donors (Lipinski definition) is 1. The van der Waals surface area contributed by atoms with Crippen molar-refractivity contribution in [3.05, 3.63) is 47.4 Å². The summed E-state index contributed by atoms with van der Waals surface area (Å²) >= 11 is 0. The topological polar surface area (TPSA) is 89.0 Å². The van der Waals surface area contributed by atoms with E-state index in [-0.39, 0.29) is 23.0 Å². The lowest BCUT2D eigenvalue weighted by Crippen LogP contribution is -2.18. The third kappa shape index (κ3) is 4.13. The monoisotopic (exact) mass is 333 g/mol. The van der Waals surface area contributed by atoms with Gasteiger partial charge in [0, 0.05) is 11.8 Å². The highest BCUT2D eigenvalue weighted by Crippen LogP contribution is 2.18. The number of benzene rings is 1. The molecule has 6 nitrogen and oxygen atoms in total. The number of anilines is 1. The second-order valence-electron chi connectivity index (χ2n) is 5.18. The molecule has 0 bridgehead atoms. The van der Waals surface area contributed by atoms with Crippen molar-refractivity contribution in [1.29, 1.82) is 0 Å². The predicted octanol–water partition coefficient (Wildman–Crippen LogP) is 2.07. The lowest BCUT2D eigenvalue weighted by molar-refractivity contribution is -0.115. The number of sulfone groups is 1. The maximum Gasteiger partial charge on any atom is 0.230 e. The molecule has 0 unspecified atom stereocenters. The summed E-state index contributed by atoms with van der Waals surface area (Å²) < 4.78 is 24.2. The number of carbonyl (C=O) groups is 1. The largest absolute Gasteiger partial charge is 0.310 e. The molecule has 23 heavy (non-hydrogen) atoms. The van der Waals surface area contributed by atoms with Gasteiger partial charge in [0.05, 0.1) is 17.1 Å². The van der Waals surface area contributed by atoms with Crippen LogP contribution in [0.15, 0.2) is 35.4 Å². The fraction of sp³-hybridized carbons (Fsp3) is 0.312. The molecule has 1 amide bonds. The second kappa shape index (κ2) is 6.87. The molecule has 122 valence electrons. The Balaban J connectivity index is 2.23. The maximum atomic E-state index is 12.2. The zero-order chi connectivity index (χ0) is 17.0. The van der Waals surface area contributed by atoms with Gasteiger partial charge in [-0.05, 0) is 25.5 Å². The number of hydrogen-bond acceptors (Lipinski definition) is 5. The summed E-state index contributed by atoms with van der Waals surface area (Å²) in [5.74, 6) is 0.679. The average Bonchev–Trinajstić information content (AvgIpc) is 2.51. The average molecular weight is 333 g/mol. The summed E-state index contributed by atoms with van der Waals surface area (Å²) in [6, 6.07) is 6.56. The van der Waals surface area contributed by atoms with Crippen molar-refractivity contribution in [3.8, 4) is 0 Å². The van der Waals surface area contributed by atoms with Crippen molar-refractivity contribution in [3.63, 3.8) is 0 Å². The van der Waals surface area contributed by atoms with Crippen LogP contribution in [0.4, 0.5) is 5.82 Å². The Morgan fingerprint density at radius 1 is 1.22 bits per heavy atom. The van der Waals surface area contributed by atoms with Crippen LogP contribution in [0.2, 0.25) is 0 Å². The highest BCUT2D eigenvalue weighted by atomic mass is 32.2. The number of aryl methyl sites for hydroxylation is 2. The minimum Gasteiger partial charge on any atom is -0.310 e. The summed E-state index contributed by atoms with van der Waals surface area (Å²) in [7, 11) is -3.37. The Labute approximate surface area is 135 Å². The maximum absolute atomic E-state index is 12.2. The quantitative estimate of drug-likeness (QED) is 0.905. The van der Waals surface area contributed by atoms with Crippen LogP contribution >= 0.6 is 0 Å². The van der Waals surface area contributed by atoms with Gasteiger partial charge in [-0.15, -0.1) is 0 Å². The smallest absolute Gasteiger partial charge is 0.230 e. The van der Waals surface area contributed by atoms with Gasteiger partial charge in [-0.2, -0.15) is 0 Å². The van der Waals surface area contributed by atoms with E-state index in [1.165, 1.54) is 6.07 Å². The van der Waals surface area contributed by atoms with E-state index in [0.29, 0.717) is 17.2 Å². The number of nitrogens with zero attached hydrogens (tertiary/aromatic N) is 2.